The summed E-state index contributed by atoms with van der Waals surface area (Å²) in [6, 6.07) is 15.5. The summed E-state index contributed by atoms with van der Waals surface area (Å²) in [7, 11) is 0. The maximum Gasteiger partial charge on any atom is 0.238 e. The average molecular weight is 390 g/mol. The van der Waals surface area contributed by atoms with E-state index in [-0.39, 0.29) is 11.3 Å². The van der Waals surface area contributed by atoms with Gasteiger partial charge >= 0.3 is 0 Å². The summed E-state index contributed by atoms with van der Waals surface area (Å²) in [5.41, 5.74) is 8.64. The standard InChI is InChI=1S/C20H24ClN3OS/c1-20(2,3)15-7-4-14(5-8-15)6-13-18(25)23-24-19(26)22-17-11-9-16(21)10-12-17/h4-5,7-12H,6,13H2,1-3H3,(H,23,25)(H2,22,24,26). The summed E-state index contributed by atoms with van der Waals surface area (Å²) in [5, 5.41) is 3.93. The molecule has 2 aromatic carbocycles. The topological polar surface area (TPSA) is 53.2 Å². The minimum absolute atomic E-state index is 0.120. The first-order chi connectivity index (χ1) is 12.2. The normalized spacial score (nSPS) is 10.9. The summed E-state index contributed by atoms with van der Waals surface area (Å²) in [5.74, 6) is -0.120. The molecule has 0 aliphatic rings. The van der Waals surface area contributed by atoms with Gasteiger partial charge in [0, 0.05) is 17.1 Å². The van der Waals surface area contributed by atoms with Crippen molar-refractivity contribution in [3.05, 3.63) is 64.7 Å². The highest BCUT2D eigenvalue weighted by atomic mass is 35.5. The second-order valence-electron chi connectivity index (χ2n) is 7.08. The lowest BCUT2D eigenvalue weighted by Gasteiger charge is -2.19. The summed E-state index contributed by atoms with van der Waals surface area (Å²) < 4.78 is 0. The molecule has 138 valence electrons. The van der Waals surface area contributed by atoms with E-state index in [1.807, 2.05) is 0 Å². The van der Waals surface area contributed by atoms with Gasteiger partial charge in [0.2, 0.25) is 5.91 Å². The first-order valence-corrected chi connectivity index (χ1v) is 9.23. The molecule has 0 radical (unpaired) electrons. The molecule has 3 N–H and O–H groups in total. The lowest BCUT2D eigenvalue weighted by atomic mass is 9.86. The molecule has 0 bridgehead atoms. The van der Waals surface area contributed by atoms with Crippen LogP contribution in [0.2, 0.25) is 5.02 Å². The van der Waals surface area contributed by atoms with Crippen molar-refractivity contribution in [1.29, 1.82) is 0 Å². The predicted octanol–water partition coefficient (Wildman–Crippen LogP) is 4.59. The van der Waals surface area contributed by atoms with Crippen molar-refractivity contribution in [2.24, 2.45) is 0 Å². The van der Waals surface area contributed by atoms with E-state index >= 15 is 0 Å². The molecule has 0 fully saturated rings. The van der Waals surface area contributed by atoms with Crippen LogP contribution in [-0.2, 0) is 16.6 Å². The van der Waals surface area contributed by atoms with Crippen molar-refractivity contribution in [3.63, 3.8) is 0 Å². The third-order valence-electron chi connectivity index (χ3n) is 3.88. The minimum atomic E-state index is -0.120. The van der Waals surface area contributed by atoms with E-state index in [1.54, 1.807) is 24.3 Å². The third kappa shape index (κ3) is 6.65. The Labute approximate surface area is 165 Å². The zero-order chi connectivity index (χ0) is 19.2. The van der Waals surface area contributed by atoms with Crippen molar-refractivity contribution < 1.29 is 4.79 Å². The smallest absolute Gasteiger partial charge is 0.238 e. The number of halogens is 1. The lowest BCUT2D eigenvalue weighted by Crippen LogP contribution is -2.43. The Bertz CT molecular complexity index is 752. The number of benzene rings is 2. The number of anilines is 1. The number of carbonyl (C=O) groups excluding carboxylic acids is 1. The Balaban J connectivity index is 1.73. The number of carbonyl (C=O) groups is 1. The molecule has 2 rings (SSSR count). The van der Waals surface area contributed by atoms with Crippen LogP contribution < -0.4 is 16.2 Å². The van der Waals surface area contributed by atoms with E-state index < -0.39 is 0 Å². The van der Waals surface area contributed by atoms with Gasteiger partial charge in [-0.25, -0.2) is 0 Å². The van der Waals surface area contributed by atoms with Gasteiger partial charge in [-0.2, -0.15) is 0 Å². The first-order valence-electron chi connectivity index (χ1n) is 8.45. The molecule has 2 aromatic rings. The molecule has 0 saturated carbocycles. The highest BCUT2D eigenvalue weighted by Crippen LogP contribution is 2.22. The molecule has 0 saturated heterocycles. The molecule has 1 amide bonds. The fraction of sp³-hybridized carbons (Fsp3) is 0.300. The molecule has 0 aliphatic heterocycles. The zero-order valence-corrected chi connectivity index (χ0v) is 16.8. The molecule has 0 atom stereocenters. The van der Waals surface area contributed by atoms with Gasteiger partial charge in [-0.3, -0.25) is 15.6 Å². The van der Waals surface area contributed by atoms with Crippen LogP contribution in [-0.4, -0.2) is 11.0 Å². The van der Waals surface area contributed by atoms with Gasteiger partial charge in [0.15, 0.2) is 5.11 Å². The van der Waals surface area contributed by atoms with E-state index in [4.69, 9.17) is 23.8 Å². The number of thiocarbonyl (C=S) groups is 1. The highest BCUT2D eigenvalue weighted by molar-refractivity contribution is 7.80. The second kappa shape index (κ2) is 9.01. The largest absolute Gasteiger partial charge is 0.331 e. The van der Waals surface area contributed by atoms with E-state index in [2.05, 4.69) is 61.2 Å². The lowest BCUT2D eigenvalue weighted by molar-refractivity contribution is -0.121. The Morgan fingerprint density at radius 2 is 1.62 bits per heavy atom. The second-order valence-corrected chi connectivity index (χ2v) is 7.93. The van der Waals surface area contributed by atoms with Crippen LogP contribution in [0.15, 0.2) is 48.5 Å². The van der Waals surface area contributed by atoms with Crippen LogP contribution in [0.5, 0.6) is 0 Å². The number of hydrogen-bond acceptors (Lipinski definition) is 2. The Hall–Kier alpha value is -2.11. The van der Waals surface area contributed by atoms with E-state index in [0.717, 1.165) is 11.3 Å². The molecule has 0 unspecified atom stereocenters. The summed E-state index contributed by atoms with van der Waals surface area (Å²) in [6.45, 7) is 6.55. The summed E-state index contributed by atoms with van der Waals surface area (Å²) in [6.07, 6.45) is 1.06. The number of hydrogen-bond donors (Lipinski definition) is 3. The Morgan fingerprint density at radius 3 is 2.19 bits per heavy atom. The van der Waals surface area contributed by atoms with Gasteiger partial charge in [-0.05, 0) is 59.4 Å². The van der Waals surface area contributed by atoms with E-state index in [9.17, 15) is 4.79 Å². The van der Waals surface area contributed by atoms with Crippen LogP contribution in [0, 0.1) is 0 Å². The maximum absolute atomic E-state index is 12.0. The van der Waals surface area contributed by atoms with Gasteiger partial charge < -0.3 is 5.32 Å². The molecular weight excluding hydrogens is 366 g/mol. The van der Waals surface area contributed by atoms with E-state index in [0.29, 0.717) is 23.0 Å². The van der Waals surface area contributed by atoms with Crippen molar-refractivity contribution in [3.8, 4) is 0 Å². The van der Waals surface area contributed by atoms with Gasteiger partial charge in [-0.1, -0.05) is 56.6 Å². The molecule has 0 aromatic heterocycles. The molecule has 0 spiro atoms. The van der Waals surface area contributed by atoms with Crippen LogP contribution >= 0.6 is 23.8 Å². The fourth-order valence-corrected chi connectivity index (χ4v) is 2.61. The van der Waals surface area contributed by atoms with Gasteiger partial charge in [0.05, 0.1) is 0 Å². The highest BCUT2D eigenvalue weighted by Gasteiger charge is 2.13. The number of rotatable bonds is 4. The van der Waals surface area contributed by atoms with Crippen LogP contribution in [0.1, 0.15) is 38.3 Å². The monoisotopic (exact) mass is 389 g/mol. The number of aryl methyl sites for hydroxylation is 1. The Kier molecular flexibility index (Phi) is 7.00. The minimum Gasteiger partial charge on any atom is -0.331 e. The average Bonchev–Trinajstić information content (AvgIpc) is 2.60. The SMILES string of the molecule is CC(C)(C)c1ccc(CCC(=O)NNC(=S)Nc2ccc(Cl)cc2)cc1. The zero-order valence-electron chi connectivity index (χ0n) is 15.2. The van der Waals surface area contributed by atoms with Crippen LogP contribution in [0.25, 0.3) is 0 Å². The quantitative estimate of drug-likeness (QED) is 0.529. The maximum atomic E-state index is 12.0. The van der Waals surface area contributed by atoms with Crippen molar-refractivity contribution in [2.45, 2.75) is 39.0 Å². The molecule has 26 heavy (non-hydrogen) atoms. The number of amides is 1. The fourth-order valence-electron chi connectivity index (χ4n) is 2.31. The first kappa shape index (κ1) is 20.2. The van der Waals surface area contributed by atoms with Crippen LogP contribution in [0.4, 0.5) is 5.69 Å². The molecular formula is C20H24ClN3OS. The van der Waals surface area contributed by atoms with E-state index in [1.165, 1.54) is 5.56 Å². The number of nitrogens with one attached hydrogen (secondary N) is 3. The van der Waals surface area contributed by atoms with Gasteiger partial charge in [0.25, 0.3) is 0 Å². The van der Waals surface area contributed by atoms with Crippen molar-refractivity contribution in [2.75, 3.05) is 5.32 Å². The van der Waals surface area contributed by atoms with Crippen LogP contribution in [0.3, 0.4) is 0 Å². The summed E-state index contributed by atoms with van der Waals surface area (Å²) in [4.78, 5) is 12.0. The number of hydrazine groups is 1. The predicted molar refractivity (Wildman–Crippen MR) is 112 cm³/mol. The van der Waals surface area contributed by atoms with Crippen molar-refractivity contribution in [1.82, 2.24) is 10.9 Å². The third-order valence-corrected chi connectivity index (χ3v) is 4.33. The molecule has 0 aliphatic carbocycles. The molecule has 4 nitrogen and oxygen atoms in total. The van der Waals surface area contributed by atoms with Gasteiger partial charge in [-0.15, -0.1) is 0 Å². The Morgan fingerprint density at radius 1 is 1.00 bits per heavy atom. The van der Waals surface area contributed by atoms with Crippen molar-refractivity contribution >= 4 is 40.5 Å². The summed E-state index contributed by atoms with van der Waals surface area (Å²) >= 11 is 11.0. The van der Waals surface area contributed by atoms with Gasteiger partial charge in [0.1, 0.15) is 0 Å². The molecule has 0 heterocycles. The molecule has 6 heteroatoms.